The first-order valence-corrected chi connectivity index (χ1v) is 7.74. The molecule has 1 saturated heterocycles. The summed E-state index contributed by atoms with van der Waals surface area (Å²) in [6.07, 6.45) is 9.79. The second kappa shape index (κ2) is 6.19. The molecule has 2 heteroatoms. The maximum absolute atomic E-state index is 3.71. The van der Waals surface area contributed by atoms with E-state index in [1.807, 2.05) is 0 Å². The fraction of sp³-hybridized carbons (Fsp3) is 1.00. The first-order valence-electron chi connectivity index (χ1n) is 7.74. The van der Waals surface area contributed by atoms with Gasteiger partial charge in [0.1, 0.15) is 0 Å². The molecular formula is C15H30N2. The number of nitrogens with zero attached hydrogens (tertiary/aromatic N) is 1. The van der Waals surface area contributed by atoms with Crippen molar-refractivity contribution < 1.29 is 0 Å². The van der Waals surface area contributed by atoms with Crippen molar-refractivity contribution in [2.75, 3.05) is 26.2 Å². The zero-order chi connectivity index (χ0) is 12.1. The summed E-state index contributed by atoms with van der Waals surface area (Å²) in [6, 6.07) is 0.750. The summed E-state index contributed by atoms with van der Waals surface area (Å²) in [5.74, 6) is 0. The number of rotatable bonds is 6. The second-order valence-corrected chi connectivity index (χ2v) is 6.28. The molecule has 2 rings (SSSR count). The highest BCUT2D eigenvalue weighted by atomic mass is 15.2. The molecule has 2 nitrogen and oxygen atoms in total. The summed E-state index contributed by atoms with van der Waals surface area (Å²) in [5.41, 5.74) is 0.732. The fourth-order valence-electron chi connectivity index (χ4n) is 3.43. The number of hydrogen-bond donors (Lipinski definition) is 1. The van der Waals surface area contributed by atoms with E-state index in [1.165, 1.54) is 71.1 Å². The fourth-order valence-corrected chi connectivity index (χ4v) is 3.43. The molecule has 1 atom stereocenters. The van der Waals surface area contributed by atoms with Crippen LogP contribution in [0.3, 0.4) is 0 Å². The van der Waals surface area contributed by atoms with Gasteiger partial charge in [0.05, 0.1) is 0 Å². The van der Waals surface area contributed by atoms with E-state index in [-0.39, 0.29) is 0 Å². The molecule has 17 heavy (non-hydrogen) atoms. The smallest absolute Gasteiger partial charge is 0.0194 e. The molecule has 1 heterocycles. The second-order valence-electron chi connectivity index (χ2n) is 6.28. The van der Waals surface area contributed by atoms with Crippen molar-refractivity contribution in [2.45, 2.75) is 64.8 Å². The molecule has 0 spiro atoms. The Hall–Kier alpha value is -0.0800. The van der Waals surface area contributed by atoms with E-state index in [0.29, 0.717) is 0 Å². The Kier molecular flexibility index (Phi) is 4.87. The molecule has 0 aromatic carbocycles. The van der Waals surface area contributed by atoms with Gasteiger partial charge < -0.3 is 10.2 Å². The van der Waals surface area contributed by atoms with Gasteiger partial charge in [-0.1, -0.05) is 26.7 Å². The van der Waals surface area contributed by atoms with E-state index in [1.54, 1.807) is 0 Å². The molecule has 0 bridgehead atoms. The maximum Gasteiger partial charge on any atom is 0.0194 e. The molecule has 0 aromatic rings. The first-order chi connectivity index (χ1) is 8.28. The average Bonchev–Trinajstić information content (AvgIpc) is 3.06. The van der Waals surface area contributed by atoms with Crippen LogP contribution in [0, 0.1) is 5.41 Å². The molecule has 1 N–H and O–H groups in total. The van der Waals surface area contributed by atoms with E-state index in [0.717, 1.165) is 11.5 Å². The predicted molar refractivity (Wildman–Crippen MR) is 74.3 cm³/mol. The monoisotopic (exact) mass is 238 g/mol. The summed E-state index contributed by atoms with van der Waals surface area (Å²) in [4.78, 5) is 2.75. The molecule has 1 unspecified atom stereocenters. The van der Waals surface area contributed by atoms with Gasteiger partial charge in [0.2, 0.25) is 0 Å². The van der Waals surface area contributed by atoms with E-state index in [9.17, 15) is 0 Å². The van der Waals surface area contributed by atoms with Crippen LogP contribution in [0.4, 0.5) is 0 Å². The normalized spacial score (nSPS) is 28.9. The maximum atomic E-state index is 3.71. The van der Waals surface area contributed by atoms with Gasteiger partial charge in [0.25, 0.3) is 0 Å². The highest BCUT2D eigenvalue weighted by Crippen LogP contribution is 2.50. The summed E-state index contributed by atoms with van der Waals surface area (Å²) in [7, 11) is 0. The topological polar surface area (TPSA) is 15.3 Å². The van der Waals surface area contributed by atoms with Gasteiger partial charge >= 0.3 is 0 Å². The third-order valence-corrected chi connectivity index (χ3v) is 4.50. The first kappa shape index (κ1) is 13.4. The van der Waals surface area contributed by atoms with Crippen LogP contribution in [-0.4, -0.2) is 37.1 Å². The minimum absolute atomic E-state index is 0.732. The SMILES string of the molecule is CCCC1CN(CC2(CCC)CC2)CCCN1. The molecule has 2 aliphatic rings. The number of nitrogens with one attached hydrogen (secondary N) is 1. The summed E-state index contributed by atoms with van der Waals surface area (Å²) >= 11 is 0. The molecule has 1 aliphatic heterocycles. The standard InChI is InChI=1S/C15H30N2/c1-3-6-14-12-17(11-5-10-16-14)13-15(7-4-2)8-9-15/h14,16H,3-13H2,1-2H3. The van der Waals surface area contributed by atoms with Crippen LogP contribution in [0.25, 0.3) is 0 Å². The lowest BCUT2D eigenvalue weighted by Crippen LogP contribution is -2.40. The molecule has 0 amide bonds. The van der Waals surface area contributed by atoms with Crippen molar-refractivity contribution in [1.29, 1.82) is 0 Å². The lowest BCUT2D eigenvalue weighted by molar-refractivity contribution is 0.205. The van der Waals surface area contributed by atoms with Crippen LogP contribution >= 0.6 is 0 Å². The summed E-state index contributed by atoms with van der Waals surface area (Å²) in [6.45, 7) is 9.85. The third kappa shape index (κ3) is 3.96. The lowest BCUT2D eigenvalue weighted by Gasteiger charge is -2.28. The van der Waals surface area contributed by atoms with Gasteiger partial charge in [-0.25, -0.2) is 0 Å². The van der Waals surface area contributed by atoms with Crippen molar-refractivity contribution in [3.05, 3.63) is 0 Å². The van der Waals surface area contributed by atoms with Crippen molar-refractivity contribution in [3.63, 3.8) is 0 Å². The van der Waals surface area contributed by atoms with E-state index in [2.05, 4.69) is 24.1 Å². The lowest BCUT2D eigenvalue weighted by atomic mass is 9.99. The average molecular weight is 238 g/mol. The Labute approximate surface area is 107 Å². The minimum Gasteiger partial charge on any atom is -0.313 e. The van der Waals surface area contributed by atoms with Crippen molar-refractivity contribution >= 4 is 0 Å². The summed E-state index contributed by atoms with van der Waals surface area (Å²) < 4.78 is 0. The molecule has 1 aliphatic carbocycles. The Morgan fingerprint density at radius 3 is 2.71 bits per heavy atom. The molecule has 100 valence electrons. The van der Waals surface area contributed by atoms with Crippen LogP contribution < -0.4 is 5.32 Å². The highest BCUT2D eigenvalue weighted by molar-refractivity contribution is 4.96. The Balaban J connectivity index is 1.82. The van der Waals surface area contributed by atoms with Gasteiger partial charge in [-0.2, -0.15) is 0 Å². The van der Waals surface area contributed by atoms with E-state index < -0.39 is 0 Å². The van der Waals surface area contributed by atoms with Gasteiger partial charge in [-0.3, -0.25) is 0 Å². The quantitative estimate of drug-likeness (QED) is 0.765. The molecular weight excluding hydrogens is 208 g/mol. The largest absolute Gasteiger partial charge is 0.313 e. The van der Waals surface area contributed by atoms with Crippen LogP contribution in [0.2, 0.25) is 0 Å². The van der Waals surface area contributed by atoms with Crippen LogP contribution in [-0.2, 0) is 0 Å². The molecule has 0 radical (unpaired) electrons. The molecule has 2 fully saturated rings. The Bertz CT molecular complexity index is 223. The van der Waals surface area contributed by atoms with Crippen molar-refractivity contribution in [1.82, 2.24) is 10.2 Å². The number of hydrogen-bond acceptors (Lipinski definition) is 2. The van der Waals surface area contributed by atoms with E-state index >= 15 is 0 Å². The molecule has 0 aromatic heterocycles. The van der Waals surface area contributed by atoms with Gasteiger partial charge in [0.15, 0.2) is 0 Å². The minimum atomic E-state index is 0.732. The highest BCUT2D eigenvalue weighted by Gasteiger charge is 2.42. The van der Waals surface area contributed by atoms with Crippen LogP contribution in [0.15, 0.2) is 0 Å². The van der Waals surface area contributed by atoms with Crippen LogP contribution in [0.1, 0.15) is 58.8 Å². The van der Waals surface area contributed by atoms with Gasteiger partial charge in [-0.15, -0.1) is 0 Å². The van der Waals surface area contributed by atoms with Crippen molar-refractivity contribution in [3.8, 4) is 0 Å². The van der Waals surface area contributed by atoms with E-state index in [4.69, 9.17) is 0 Å². The zero-order valence-corrected chi connectivity index (χ0v) is 11.8. The van der Waals surface area contributed by atoms with Crippen molar-refractivity contribution in [2.24, 2.45) is 5.41 Å². The zero-order valence-electron chi connectivity index (χ0n) is 11.8. The Morgan fingerprint density at radius 1 is 1.24 bits per heavy atom. The molecule has 1 saturated carbocycles. The van der Waals surface area contributed by atoms with Gasteiger partial charge in [-0.05, 0) is 50.6 Å². The summed E-state index contributed by atoms with van der Waals surface area (Å²) in [5, 5.41) is 3.71. The predicted octanol–water partition coefficient (Wildman–Crippen LogP) is 3.03. The third-order valence-electron chi connectivity index (χ3n) is 4.50. The van der Waals surface area contributed by atoms with Crippen LogP contribution in [0.5, 0.6) is 0 Å². The Morgan fingerprint density at radius 2 is 2.06 bits per heavy atom. The van der Waals surface area contributed by atoms with Gasteiger partial charge in [0, 0.05) is 19.1 Å².